The third kappa shape index (κ3) is 3.26. The van der Waals surface area contributed by atoms with Crippen LogP contribution in [-0.2, 0) is 0 Å². The number of hydrazone groups is 1. The Morgan fingerprint density at radius 3 is 2.72 bits per heavy atom. The van der Waals surface area contributed by atoms with Gasteiger partial charge < -0.3 is 10.1 Å². The van der Waals surface area contributed by atoms with E-state index < -0.39 is 0 Å². The van der Waals surface area contributed by atoms with Crippen LogP contribution in [0.5, 0.6) is 5.75 Å². The Hall–Kier alpha value is -1.49. The summed E-state index contributed by atoms with van der Waals surface area (Å²) in [5.74, 6) is 0.804. The van der Waals surface area contributed by atoms with Gasteiger partial charge in [0, 0.05) is 36.5 Å². The summed E-state index contributed by atoms with van der Waals surface area (Å²) in [5.41, 5.74) is 2.91. The van der Waals surface area contributed by atoms with E-state index in [1.165, 1.54) is 0 Å². The lowest BCUT2D eigenvalue weighted by molar-refractivity contribution is 0.410. The number of nitrogens with zero attached hydrogens (tertiary/aromatic N) is 2. The second kappa shape index (κ2) is 7.06. The molecule has 98 valence electrons. The molecule has 0 fully saturated rings. The fourth-order valence-electron chi connectivity index (χ4n) is 1.60. The Labute approximate surface area is 116 Å². The molecule has 1 aromatic carbocycles. The maximum Gasteiger partial charge on any atom is 0.128 e. The summed E-state index contributed by atoms with van der Waals surface area (Å²) < 4.78 is 5.39. The van der Waals surface area contributed by atoms with E-state index >= 15 is 0 Å². The molecule has 0 spiro atoms. The van der Waals surface area contributed by atoms with E-state index in [2.05, 4.69) is 26.3 Å². The largest absolute Gasteiger partial charge is 0.496 e. The van der Waals surface area contributed by atoms with Crippen molar-refractivity contribution < 1.29 is 4.74 Å². The third-order valence-electron chi connectivity index (χ3n) is 2.50. The van der Waals surface area contributed by atoms with Gasteiger partial charge in [-0.3, -0.25) is 5.01 Å². The molecule has 0 aliphatic carbocycles. The normalized spacial score (nSPS) is 11.7. The highest BCUT2D eigenvalue weighted by Crippen LogP contribution is 2.31. The number of benzene rings is 1. The van der Waals surface area contributed by atoms with Crippen molar-refractivity contribution in [3.05, 3.63) is 28.7 Å². The zero-order chi connectivity index (χ0) is 13.5. The monoisotopic (exact) mass is 311 g/mol. The van der Waals surface area contributed by atoms with Crippen molar-refractivity contribution in [2.24, 2.45) is 5.10 Å². The fourth-order valence-corrected chi connectivity index (χ4v) is 2.15. The quantitative estimate of drug-likeness (QED) is 0.669. The van der Waals surface area contributed by atoms with Crippen molar-refractivity contribution in [1.29, 1.82) is 0 Å². The minimum absolute atomic E-state index is 0.804. The molecule has 1 aromatic rings. The maximum absolute atomic E-state index is 5.39. The molecule has 1 N–H and O–H groups in total. The Bertz CT molecular complexity index is 458. The van der Waals surface area contributed by atoms with Crippen molar-refractivity contribution in [1.82, 2.24) is 5.01 Å². The molecule has 0 aliphatic rings. The number of ether oxygens (including phenoxy) is 1. The minimum Gasteiger partial charge on any atom is -0.496 e. The lowest BCUT2D eigenvalue weighted by Gasteiger charge is -2.19. The molecule has 0 bridgehead atoms. The summed E-state index contributed by atoms with van der Waals surface area (Å²) in [7, 11) is 5.43. The molecule has 0 amide bonds. The average Bonchev–Trinajstić information content (AvgIpc) is 2.39. The summed E-state index contributed by atoms with van der Waals surface area (Å²) in [4.78, 5) is 1.83. The minimum atomic E-state index is 0.804. The summed E-state index contributed by atoms with van der Waals surface area (Å²) in [6.45, 7) is 1.88. The molecular weight excluding hydrogens is 294 g/mol. The molecule has 18 heavy (non-hydrogen) atoms. The van der Waals surface area contributed by atoms with E-state index in [-0.39, 0.29) is 0 Å². The number of hydrogen-bond donors (Lipinski definition) is 1. The first-order valence-corrected chi connectivity index (χ1v) is 6.48. The Morgan fingerprint density at radius 2 is 2.22 bits per heavy atom. The van der Waals surface area contributed by atoms with Crippen LogP contribution in [0.15, 0.2) is 28.3 Å². The lowest BCUT2D eigenvalue weighted by Crippen LogP contribution is -2.10. The number of rotatable bonds is 5. The van der Waals surface area contributed by atoms with Crippen LogP contribution < -0.4 is 10.1 Å². The molecule has 0 aliphatic heterocycles. The highest BCUT2D eigenvalue weighted by molar-refractivity contribution is 9.11. The number of anilines is 1. The Kier molecular flexibility index (Phi) is 5.71. The van der Waals surface area contributed by atoms with Crippen LogP contribution in [0.2, 0.25) is 0 Å². The van der Waals surface area contributed by atoms with E-state index in [0.29, 0.717) is 0 Å². The van der Waals surface area contributed by atoms with Gasteiger partial charge in [-0.25, -0.2) is 0 Å². The highest BCUT2D eigenvalue weighted by Gasteiger charge is 2.12. The van der Waals surface area contributed by atoms with Gasteiger partial charge in [0.05, 0.1) is 12.8 Å². The van der Waals surface area contributed by atoms with Gasteiger partial charge in [-0.1, -0.05) is 15.9 Å². The summed E-state index contributed by atoms with van der Waals surface area (Å²) in [6.07, 6.45) is 1.74. The standard InChI is InChI=1S/C13H18BrN3O/c1-5-16-17(3)12(9-14)11-8-10(15-2)6-7-13(11)18-4/h5-9,15H,1-4H3/b12-9+,16-5-. The highest BCUT2D eigenvalue weighted by atomic mass is 79.9. The van der Waals surface area contributed by atoms with Crippen molar-refractivity contribution in [3.63, 3.8) is 0 Å². The zero-order valence-electron chi connectivity index (χ0n) is 11.1. The average molecular weight is 312 g/mol. The van der Waals surface area contributed by atoms with Crippen LogP contribution >= 0.6 is 15.9 Å². The molecule has 0 heterocycles. The number of nitrogens with one attached hydrogen (secondary N) is 1. The van der Waals surface area contributed by atoms with Crippen LogP contribution in [0.1, 0.15) is 12.5 Å². The second-order valence-corrected chi connectivity index (χ2v) is 4.01. The van der Waals surface area contributed by atoms with Crippen molar-refractivity contribution in [2.45, 2.75) is 6.92 Å². The number of methoxy groups -OCH3 is 1. The van der Waals surface area contributed by atoms with Gasteiger partial charge in [0.1, 0.15) is 5.75 Å². The second-order valence-electron chi connectivity index (χ2n) is 3.56. The van der Waals surface area contributed by atoms with Crippen molar-refractivity contribution in [3.8, 4) is 5.75 Å². The molecule has 0 atom stereocenters. The molecule has 1 rings (SSSR count). The van der Waals surface area contributed by atoms with E-state index in [4.69, 9.17) is 4.74 Å². The van der Waals surface area contributed by atoms with Crippen LogP contribution in [0.4, 0.5) is 5.69 Å². The topological polar surface area (TPSA) is 36.9 Å². The van der Waals surface area contributed by atoms with E-state index in [0.717, 1.165) is 22.7 Å². The van der Waals surface area contributed by atoms with Crippen LogP contribution in [0.3, 0.4) is 0 Å². The number of halogens is 1. The van der Waals surface area contributed by atoms with E-state index in [9.17, 15) is 0 Å². The first kappa shape index (κ1) is 14.6. The summed E-state index contributed by atoms with van der Waals surface area (Å²) in [6, 6.07) is 5.92. The molecular formula is C13H18BrN3O. The SMILES string of the molecule is C/C=N\N(C)/C(=C/Br)c1cc(NC)ccc1OC. The predicted molar refractivity (Wildman–Crippen MR) is 81.4 cm³/mol. The van der Waals surface area contributed by atoms with E-state index in [1.54, 1.807) is 18.3 Å². The molecule has 0 aromatic heterocycles. The molecule has 5 heteroatoms. The van der Waals surface area contributed by atoms with E-state index in [1.807, 2.05) is 44.2 Å². The van der Waals surface area contributed by atoms with Crippen LogP contribution in [0, 0.1) is 0 Å². The summed E-state index contributed by atoms with van der Waals surface area (Å²) >= 11 is 3.38. The molecule has 0 saturated heterocycles. The molecule has 0 unspecified atom stereocenters. The van der Waals surface area contributed by atoms with Gasteiger partial charge in [-0.05, 0) is 25.1 Å². The number of hydrogen-bond acceptors (Lipinski definition) is 4. The predicted octanol–water partition coefficient (Wildman–Crippen LogP) is 3.37. The zero-order valence-corrected chi connectivity index (χ0v) is 12.7. The van der Waals surface area contributed by atoms with Crippen molar-refractivity contribution >= 4 is 33.5 Å². The van der Waals surface area contributed by atoms with Crippen molar-refractivity contribution in [2.75, 3.05) is 26.5 Å². The first-order valence-electron chi connectivity index (χ1n) is 5.56. The third-order valence-corrected chi connectivity index (χ3v) is 2.94. The van der Waals surface area contributed by atoms with Gasteiger partial charge in [0.2, 0.25) is 0 Å². The lowest BCUT2D eigenvalue weighted by atomic mass is 10.1. The molecule has 0 radical (unpaired) electrons. The van der Waals surface area contributed by atoms with Gasteiger partial charge in [-0.15, -0.1) is 0 Å². The summed E-state index contributed by atoms with van der Waals surface area (Å²) in [5, 5.41) is 9.13. The smallest absolute Gasteiger partial charge is 0.128 e. The molecule has 4 nitrogen and oxygen atoms in total. The Morgan fingerprint density at radius 1 is 1.50 bits per heavy atom. The van der Waals surface area contributed by atoms with Crippen LogP contribution in [0.25, 0.3) is 5.70 Å². The fraction of sp³-hybridized carbons (Fsp3) is 0.308. The maximum atomic E-state index is 5.39. The Balaban J connectivity index is 3.27. The van der Waals surface area contributed by atoms with Gasteiger partial charge in [0.25, 0.3) is 0 Å². The first-order chi connectivity index (χ1) is 8.67. The van der Waals surface area contributed by atoms with Crippen LogP contribution in [-0.4, -0.2) is 32.4 Å². The van der Waals surface area contributed by atoms with Gasteiger partial charge in [0.15, 0.2) is 0 Å². The van der Waals surface area contributed by atoms with Gasteiger partial charge in [-0.2, -0.15) is 5.10 Å². The molecule has 0 saturated carbocycles. The van der Waals surface area contributed by atoms with Gasteiger partial charge >= 0.3 is 0 Å².